The number of nitrogens with one attached hydrogen (secondary N) is 3. The van der Waals surface area contributed by atoms with Crippen molar-refractivity contribution in [3.63, 3.8) is 0 Å². The maximum Gasteiger partial charge on any atom is 0.233 e. The maximum absolute atomic E-state index is 13.2. The maximum atomic E-state index is 13.2. The summed E-state index contributed by atoms with van der Waals surface area (Å²) in [5, 5.41) is 25.8. The Balaban J connectivity index is 0.000000120. The molecule has 23 rings (SSSR count). The van der Waals surface area contributed by atoms with Crippen LogP contribution >= 0.6 is 0 Å². The zero-order valence-electron chi connectivity index (χ0n) is 65.3. The first-order valence-corrected chi connectivity index (χ1v) is 39.3. The number of nitrogens with zero attached hydrogens (tertiary/aromatic N) is 24. The summed E-state index contributed by atoms with van der Waals surface area (Å²) < 4.78 is 29.6. The SMILES string of the molecule is Cc1cc(Cc2cc(C)[nH]n2)nc(-c2ccc(N3CC4CC(C3)N4Cc3ccc(-n4ccc(F)n4)cn3)nc2)n1.Cc1cc(Cc2cc(C)[nH]n2)nc(-c2ccc(N3CC4CC(C3)N4Cc3ccc(-n4cnc(F)c4)cn3)nc2)n1.Cc1ccc(CN2C3CC2CN(c2ccc(-c4nc(C)cc(Cc5cc(C)[nH]n5)n4)cn2)C3)cc1. The number of H-pyrrole nitrogens is 3. The molecule has 6 atom stereocenters. The van der Waals surface area contributed by atoms with E-state index in [1.807, 2.05) is 115 Å². The van der Waals surface area contributed by atoms with Crippen LogP contribution in [0.2, 0.25) is 0 Å². The number of rotatable bonds is 20. The van der Waals surface area contributed by atoms with Crippen LogP contribution < -0.4 is 14.7 Å². The Kier molecular flexibility index (Phi) is 20.4. The first-order valence-electron chi connectivity index (χ1n) is 39.3. The Hall–Kier alpha value is -12.6. The van der Waals surface area contributed by atoms with E-state index in [1.54, 1.807) is 23.2 Å². The average molecular weight is 1540 g/mol. The minimum absolute atomic E-state index is 0.468. The van der Waals surface area contributed by atoms with Gasteiger partial charge >= 0.3 is 0 Å². The van der Waals surface area contributed by atoms with Crippen LogP contribution in [0.15, 0.2) is 177 Å². The molecule has 29 heteroatoms. The van der Waals surface area contributed by atoms with Crippen molar-refractivity contribution in [2.45, 2.75) is 143 Å². The fraction of sp³-hybridized carbons (Fsp3) is 0.326. The zero-order valence-corrected chi connectivity index (χ0v) is 65.3. The molecule has 0 amide bonds. The first-order chi connectivity index (χ1) is 55.9. The molecule has 14 aromatic rings. The van der Waals surface area contributed by atoms with Gasteiger partial charge in [-0.25, -0.2) is 54.5 Å². The third-order valence-electron chi connectivity index (χ3n) is 22.6. The standard InChI is InChI=1S/2C29H29FN10.C28H31N7/c1-18-7-22(9-23-8-19(2)36-37-23)35-29(34-18)20-3-6-28(32-11-20)38-14-25-10-26(15-38)40(25)13-21-4-5-24(12-31-21)39-16-27(30)33-17-39;1-18-9-22(11-23-10-19(2)35-36-23)34-29(33-18)20-3-6-28(32-13-20)38-16-25-12-26(17-38)39(25)15-21-4-5-24(14-31-21)40-8-7-27(30)37-40;1-18-4-6-21(7-5-18)15-35-25-13-26(35)17-34(16-25)27-9-8-22(14-29-27)28-30-19(2)10-23(31-28)12-24-11-20(3)32-33-24/h3-8,11-12,16-17,25-26H,9-10,13-15H2,1-2H3,(H,36,37);3-10,13-14,25-26H,11-12,15-17H2,1-2H3,(H,35,36);4-11,14,25-26H,12-13,15-17H2,1-3H3,(H,32,33). The van der Waals surface area contributed by atoms with Gasteiger partial charge < -0.3 is 19.3 Å². The van der Waals surface area contributed by atoms with Crippen molar-refractivity contribution in [1.29, 1.82) is 0 Å². The van der Waals surface area contributed by atoms with Gasteiger partial charge in [0.05, 0.1) is 75.5 Å². The highest BCUT2D eigenvalue weighted by atomic mass is 19.1. The Labute approximate surface area is 664 Å². The van der Waals surface area contributed by atoms with E-state index in [0.29, 0.717) is 67.2 Å². The molecule has 6 unspecified atom stereocenters. The summed E-state index contributed by atoms with van der Waals surface area (Å²) in [6.07, 6.45) is 19.2. The van der Waals surface area contributed by atoms with Gasteiger partial charge in [0.25, 0.3) is 0 Å². The Morgan fingerprint density at radius 3 is 1.10 bits per heavy atom. The van der Waals surface area contributed by atoms with E-state index in [2.05, 4.69) is 169 Å². The third-order valence-corrected chi connectivity index (χ3v) is 22.6. The molecule has 582 valence electrons. The van der Waals surface area contributed by atoms with Crippen molar-refractivity contribution in [3.05, 3.63) is 280 Å². The molecule has 0 spiro atoms. The van der Waals surface area contributed by atoms with E-state index in [0.717, 1.165) is 190 Å². The van der Waals surface area contributed by atoms with E-state index in [9.17, 15) is 8.78 Å². The lowest BCUT2D eigenvalue weighted by atomic mass is 9.86. The smallest absolute Gasteiger partial charge is 0.233 e. The fourth-order valence-electron chi connectivity index (χ4n) is 16.8. The van der Waals surface area contributed by atoms with Crippen molar-refractivity contribution in [2.24, 2.45) is 0 Å². The number of aromatic amines is 3. The number of aryl methyl sites for hydroxylation is 7. The zero-order chi connectivity index (χ0) is 78.4. The van der Waals surface area contributed by atoms with E-state index in [-0.39, 0.29) is 0 Å². The molecule has 1 aromatic carbocycles. The topological polar surface area (TPSA) is 283 Å². The van der Waals surface area contributed by atoms with Crippen LogP contribution in [0.25, 0.3) is 45.5 Å². The lowest BCUT2D eigenvalue weighted by Gasteiger charge is -2.56. The highest BCUT2D eigenvalue weighted by Crippen LogP contribution is 2.39. The van der Waals surface area contributed by atoms with E-state index in [1.165, 1.54) is 53.7 Å². The molecule has 22 heterocycles. The van der Waals surface area contributed by atoms with Crippen LogP contribution in [0.5, 0.6) is 0 Å². The Morgan fingerprint density at radius 2 is 0.765 bits per heavy atom. The summed E-state index contributed by atoms with van der Waals surface area (Å²) in [5.74, 6) is 4.09. The molecule has 9 aliphatic rings. The number of hydrogen-bond acceptors (Lipinski definition) is 22. The molecule has 9 fully saturated rings. The Bertz CT molecular complexity index is 5440. The second-order valence-corrected chi connectivity index (χ2v) is 31.4. The first kappa shape index (κ1) is 73.9. The van der Waals surface area contributed by atoms with Crippen LogP contribution in [0.1, 0.15) is 110 Å². The largest absolute Gasteiger partial charge is 0.353 e. The van der Waals surface area contributed by atoms with Gasteiger partial charge in [0.15, 0.2) is 17.5 Å². The molecule has 6 bridgehead atoms. The molecule has 0 saturated carbocycles. The molecule has 9 aliphatic heterocycles. The third kappa shape index (κ3) is 16.8. The number of piperidine rings is 3. The summed E-state index contributed by atoms with van der Waals surface area (Å²) in [7, 11) is 0. The van der Waals surface area contributed by atoms with Gasteiger partial charge in [-0.2, -0.15) is 24.1 Å². The van der Waals surface area contributed by atoms with Gasteiger partial charge in [-0.15, -0.1) is 5.10 Å². The lowest BCUT2D eigenvalue weighted by molar-refractivity contribution is -0.00969. The van der Waals surface area contributed by atoms with Crippen LogP contribution in [-0.4, -0.2) is 195 Å². The van der Waals surface area contributed by atoms with Gasteiger partial charge in [0.2, 0.25) is 11.9 Å². The molecule has 13 aromatic heterocycles. The monoisotopic (exact) mass is 1540 g/mol. The number of halogens is 2. The summed E-state index contributed by atoms with van der Waals surface area (Å²) in [6, 6.07) is 45.9. The number of aromatic nitrogens is 21. The summed E-state index contributed by atoms with van der Waals surface area (Å²) in [6.45, 7) is 22.6. The van der Waals surface area contributed by atoms with E-state index in [4.69, 9.17) is 29.9 Å². The van der Waals surface area contributed by atoms with Gasteiger partial charge in [-0.1, -0.05) is 29.8 Å². The van der Waals surface area contributed by atoms with Gasteiger partial charge in [0, 0.05) is 196 Å². The molecule has 115 heavy (non-hydrogen) atoms. The van der Waals surface area contributed by atoms with Crippen molar-refractivity contribution < 1.29 is 8.78 Å². The van der Waals surface area contributed by atoms with E-state index < -0.39 is 11.9 Å². The van der Waals surface area contributed by atoms with Crippen molar-refractivity contribution >= 4 is 17.5 Å². The van der Waals surface area contributed by atoms with E-state index >= 15 is 0 Å². The molecule has 9 saturated heterocycles. The number of piperazine rings is 3. The Morgan fingerprint density at radius 1 is 0.365 bits per heavy atom. The number of hydrogen-bond donors (Lipinski definition) is 3. The summed E-state index contributed by atoms with van der Waals surface area (Å²) >= 11 is 0. The molecule has 3 N–H and O–H groups in total. The second kappa shape index (κ2) is 31.8. The quantitative estimate of drug-likeness (QED) is 0.0639. The van der Waals surface area contributed by atoms with Gasteiger partial charge in [-0.05, 0) is 170 Å². The number of pyridine rings is 5. The number of imidazole rings is 1. The fourth-order valence-corrected chi connectivity index (χ4v) is 16.8. The van der Waals surface area contributed by atoms with Gasteiger partial charge in [-0.3, -0.25) is 40.0 Å². The second-order valence-electron chi connectivity index (χ2n) is 31.4. The number of fused-ring (bicyclic) bond motifs is 6. The van der Waals surface area contributed by atoms with Crippen molar-refractivity contribution in [3.8, 4) is 45.5 Å². The summed E-state index contributed by atoms with van der Waals surface area (Å²) in [5.41, 5.74) is 20.7. The van der Waals surface area contributed by atoms with Crippen LogP contribution in [0.4, 0.5) is 26.2 Å². The van der Waals surface area contributed by atoms with Crippen molar-refractivity contribution in [1.82, 2.24) is 119 Å². The molecular formula is C86H89F2N27. The van der Waals surface area contributed by atoms with Crippen LogP contribution in [-0.2, 0) is 38.9 Å². The highest BCUT2D eigenvalue weighted by molar-refractivity contribution is 5.60. The van der Waals surface area contributed by atoms with Crippen LogP contribution in [0.3, 0.4) is 0 Å². The normalized spacial score (nSPS) is 18.9. The van der Waals surface area contributed by atoms with Crippen LogP contribution in [0, 0.1) is 60.4 Å². The lowest BCUT2D eigenvalue weighted by Crippen LogP contribution is -2.68. The minimum atomic E-state index is -0.500. The average Bonchev–Trinajstić information content (AvgIpc) is 1.27. The predicted octanol–water partition coefficient (Wildman–Crippen LogP) is 11.5. The van der Waals surface area contributed by atoms with Gasteiger partial charge in [0.1, 0.15) is 23.8 Å². The number of anilines is 3. The molecule has 0 aliphatic carbocycles. The molecule has 0 radical (unpaired) electrons. The highest BCUT2D eigenvalue weighted by Gasteiger charge is 2.47. The number of benzene rings is 1. The predicted molar refractivity (Wildman–Crippen MR) is 432 cm³/mol. The summed E-state index contributed by atoms with van der Waals surface area (Å²) in [4.78, 5) is 70.5. The molecule has 27 nitrogen and oxygen atoms in total. The molecular weight excluding hydrogens is 1450 g/mol. The minimum Gasteiger partial charge on any atom is -0.353 e. The van der Waals surface area contributed by atoms with Crippen molar-refractivity contribution in [2.75, 3.05) is 54.0 Å².